The zero-order chi connectivity index (χ0) is 15.8. The van der Waals surface area contributed by atoms with Crippen molar-refractivity contribution in [1.29, 1.82) is 0 Å². The highest BCUT2D eigenvalue weighted by molar-refractivity contribution is 5.87. The second kappa shape index (κ2) is 8.14. The summed E-state index contributed by atoms with van der Waals surface area (Å²) in [4.78, 5) is 23.0. The molecule has 0 aliphatic rings. The molecule has 21 heavy (non-hydrogen) atoms. The van der Waals surface area contributed by atoms with Gasteiger partial charge < -0.3 is 20.5 Å². The smallest absolute Gasteiger partial charge is 0.258 e. The van der Waals surface area contributed by atoms with Crippen LogP contribution >= 0.6 is 0 Å². The second-order valence-electron chi connectivity index (χ2n) is 5.12. The second-order valence-corrected chi connectivity index (χ2v) is 5.12. The zero-order valence-corrected chi connectivity index (χ0v) is 12.6. The number of hydrogen-bond acceptors (Lipinski definition) is 4. The number of rotatable bonds is 8. The summed E-state index contributed by atoms with van der Waals surface area (Å²) in [5.41, 5.74) is 5.26. The van der Waals surface area contributed by atoms with Gasteiger partial charge in [0.25, 0.3) is 5.91 Å². The Bertz CT molecular complexity index is 471. The molecule has 1 aromatic carbocycles. The van der Waals surface area contributed by atoms with E-state index in [9.17, 15) is 9.59 Å². The van der Waals surface area contributed by atoms with Crippen LogP contribution in [0.4, 0.5) is 0 Å². The van der Waals surface area contributed by atoms with Crippen molar-refractivity contribution in [3.63, 3.8) is 0 Å². The minimum atomic E-state index is -0.669. The van der Waals surface area contributed by atoms with Crippen molar-refractivity contribution in [2.75, 3.05) is 13.7 Å². The van der Waals surface area contributed by atoms with Crippen molar-refractivity contribution in [3.05, 3.63) is 24.3 Å². The highest BCUT2D eigenvalue weighted by Crippen LogP contribution is 2.16. The Morgan fingerprint density at radius 1 is 1.19 bits per heavy atom. The molecule has 0 fully saturated rings. The fraction of sp³-hybridized carbons (Fsp3) is 0.467. The molecular weight excluding hydrogens is 272 g/mol. The third kappa shape index (κ3) is 6.16. The van der Waals surface area contributed by atoms with E-state index in [1.54, 1.807) is 31.4 Å². The SMILES string of the molecule is COc1ccc(OCC(=O)NC(CC(C)C)C(N)=O)cc1. The molecule has 0 saturated carbocycles. The van der Waals surface area contributed by atoms with Crippen molar-refractivity contribution < 1.29 is 19.1 Å². The van der Waals surface area contributed by atoms with E-state index in [4.69, 9.17) is 15.2 Å². The van der Waals surface area contributed by atoms with E-state index < -0.39 is 11.9 Å². The Balaban J connectivity index is 2.46. The Morgan fingerprint density at radius 2 is 1.76 bits per heavy atom. The number of nitrogens with two attached hydrogens (primary N) is 1. The van der Waals surface area contributed by atoms with Crippen LogP contribution in [0.25, 0.3) is 0 Å². The highest BCUT2D eigenvalue weighted by Gasteiger charge is 2.19. The number of benzene rings is 1. The van der Waals surface area contributed by atoms with E-state index in [1.807, 2.05) is 13.8 Å². The summed E-state index contributed by atoms with van der Waals surface area (Å²) in [5.74, 6) is 0.588. The standard InChI is InChI=1S/C15H22N2O4/c1-10(2)8-13(15(16)19)17-14(18)9-21-12-6-4-11(20-3)5-7-12/h4-7,10,13H,8-9H2,1-3H3,(H2,16,19)(H,17,18). The number of carbonyl (C=O) groups excluding carboxylic acids is 2. The molecule has 1 aromatic rings. The third-order valence-electron chi connectivity index (χ3n) is 2.82. The minimum absolute atomic E-state index is 0.172. The molecule has 1 atom stereocenters. The molecule has 0 aliphatic carbocycles. The summed E-state index contributed by atoms with van der Waals surface area (Å²) in [6, 6.07) is 6.20. The number of methoxy groups -OCH3 is 1. The van der Waals surface area contributed by atoms with Crippen molar-refractivity contribution in [2.24, 2.45) is 11.7 Å². The molecule has 0 saturated heterocycles. The molecule has 6 heteroatoms. The number of primary amides is 1. The third-order valence-corrected chi connectivity index (χ3v) is 2.82. The van der Waals surface area contributed by atoms with Crippen molar-refractivity contribution in [2.45, 2.75) is 26.3 Å². The lowest BCUT2D eigenvalue weighted by Crippen LogP contribution is -2.46. The van der Waals surface area contributed by atoms with Crippen LogP contribution in [0.2, 0.25) is 0 Å². The molecule has 1 unspecified atom stereocenters. The summed E-state index contributed by atoms with van der Waals surface area (Å²) in [6.45, 7) is 3.74. The van der Waals surface area contributed by atoms with Crippen LogP contribution in [-0.4, -0.2) is 31.6 Å². The molecule has 0 heterocycles. The Hall–Kier alpha value is -2.24. The molecule has 0 radical (unpaired) electrons. The first-order chi connectivity index (χ1) is 9.92. The largest absolute Gasteiger partial charge is 0.497 e. The number of nitrogens with one attached hydrogen (secondary N) is 1. The zero-order valence-electron chi connectivity index (χ0n) is 12.6. The molecule has 0 bridgehead atoms. The van der Waals surface area contributed by atoms with Gasteiger partial charge in [0.1, 0.15) is 17.5 Å². The normalized spacial score (nSPS) is 11.8. The van der Waals surface area contributed by atoms with Gasteiger partial charge in [0.2, 0.25) is 5.91 Å². The van der Waals surface area contributed by atoms with Gasteiger partial charge in [-0.3, -0.25) is 9.59 Å². The first-order valence-electron chi connectivity index (χ1n) is 6.78. The molecule has 0 aromatic heterocycles. The number of ether oxygens (including phenoxy) is 2. The first-order valence-corrected chi connectivity index (χ1v) is 6.78. The van der Waals surface area contributed by atoms with Gasteiger partial charge in [0.05, 0.1) is 7.11 Å². The summed E-state index contributed by atoms with van der Waals surface area (Å²) < 4.78 is 10.4. The maximum absolute atomic E-state index is 11.8. The molecule has 0 aliphatic heterocycles. The van der Waals surface area contributed by atoms with Gasteiger partial charge in [-0.05, 0) is 36.6 Å². The van der Waals surface area contributed by atoms with Crippen LogP contribution in [0.1, 0.15) is 20.3 Å². The number of hydrogen-bond donors (Lipinski definition) is 2. The lowest BCUT2D eigenvalue weighted by Gasteiger charge is -2.17. The summed E-state index contributed by atoms with van der Waals surface area (Å²) >= 11 is 0. The van der Waals surface area contributed by atoms with Crippen LogP contribution in [0.15, 0.2) is 24.3 Å². The average molecular weight is 294 g/mol. The summed E-state index contributed by atoms with van der Waals surface area (Å²) in [5, 5.41) is 2.58. The van der Waals surface area contributed by atoms with E-state index in [0.29, 0.717) is 17.9 Å². The van der Waals surface area contributed by atoms with Crippen LogP contribution < -0.4 is 20.5 Å². The van der Waals surface area contributed by atoms with E-state index in [0.717, 1.165) is 0 Å². The van der Waals surface area contributed by atoms with E-state index in [2.05, 4.69) is 5.32 Å². The van der Waals surface area contributed by atoms with Crippen LogP contribution in [0.3, 0.4) is 0 Å². The Morgan fingerprint density at radius 3 is 2.24 bits per heavy atom. The van der Waals surface area contributed by atoms with Crippen LogP contribution in [-0.2, 0) is 9.59 Å². The molecule has 2 amide bonds. The number of amides is 2. The summed E-state index contributed by atoms with van der Waals surface area (Å²) in [7, 11) is 1.57. The van der Waals surface area contributed by atoms with Gasteiger partial charge in [0.15, 0.2) is 6.61 Å². The summed E-state index contributed by atoms with van der Waals surface area (Å²) in [6.07, 6.45) is 0.504. The van der Waals surface area contributed by atoms with E-state index in [-0.39, 0.29) is 18.4 Å². The monoisotopic (exact) mass is 294 g/mol. The highest BCUT2D eigenvalue weighted by atomic mass is 16.5. The number of carbonyl (C=O) groups is 2. The molecule has 3 N–H and O–H groups in total. The van der Waals surface area contributed by atoms with Gasteiger partial charge in [-0.2, -0.15) is 0 Å². The lowest BCUT2D eigenvalue weighted by molar-refractivity contribution is -0.128. The predicted molar refractivity (Wildman–Crippen MR) is 79.1 cm³/mol. The predicted octanol–water partition coefficient (Wildman–Crippen LogP) is 1.09. The van der Waals surface area contributed by atoms with Gasteiger partial charge in [-0.15, -0.1) is 0 Å². The van der Waals surface area contributed by atoms with Gasteiger partial charge in [-0.25, -0.2) is 0 Å². The topological polar surface area (TPSA) is 90.7 Å². The van der Waals surface area contributed by atoms with Crippen LogP contribution in [0.5, 0.6) is 11.5 Å². The molecule has 1 rings (SSSR count). The van der Waals surface area contributed by atoms with Gasteiger partial charge >= 0.3 is 0 Å². The minimum Gasteiger partial charge on any atom is -0.497 e. The van der Waals surface area contributed by atoms with Gasteiger partial charge in [-0.1, -0.05) is 13.8 Å². The molecule has 116 valence electrons. The van der Waals surface area contributed by atoms with E-state index in [1.165, 1.54) is 0 Å². The fourth-order valence-electron chi connectivity index (χ4n) is 1.77. The average Bonchev–Trinajstić information content (AvgIpc) is 2.44. The fourth-order valence-corrected chi connectivity index (χ4v) is 1.77. The van der Waals surface area contributed by atoms with Crippen molar-refractivity contribution in [1.82, 2.24) is 5.32 Å². The maximum atomic E-state index is 11.8. The molecule has 0 spiro atoms. The van der Waals surface area contributed by atoms with E-state index >= 15 is 0 Å². The molecule has 6 nitrogen and oxygen atoms in total. The Labute approximate surface area is 124 Å². The Kier molecular flexibility index (Phi) is 6.52. The quantitative estimate of drug-likeness (QED) is 0.751. The maximum Gasteiger partial charge on any atom is 0.258 e. The van der Waals surface area contributed by atoms with Gasteiger partial charge in [0, 0.05) is 0 Å². The van der Waals surface area contributed by atoms with Crippen molar-refractivity contribution >= 4 is 11.8 Å². The van der Waals surface area contributed by atoms with Crippen LogP contribution in [0, 0.1) is 5.92 Å². The molecular formula is C15H22N2O4. The van der Waals surface area contributed by atoms with Crippen molar-refractivity contribution in [3.8, 4) is 11.5 Å². The first kappa shape index (κ1) is 16.8. The lowest BCUT2D eigenvalue weighted by atomic mass is 10.0.